The Morgan fingerprint density at radius 1 is 1.37 bits per heavy atom. The van der Waals surface area contributed by atoms with Gasteiger partial charge in [-0.2, -0.15) is 36.2 Å². The van der Waals surface area contributed by atoms with Crippen molar-refractivity contribution in [2.75, 3.05) is 43.5 Å². The summed E-state index contributed by atoms with van der Waals surface area (Å²) in [5.41, 5.74) is 0. The van der Waals surface area contributed by atoms with E-state index in [0.717, 1.165) is 30.1 Å². The Morgan fingerprint density at radius 3 is 2.89 bits per heavy atom. The molecule has 2 heterocycles. The maximum absolute atomic E-state index is 12.2. The molecule has 0 aromatic carbocycles. The van der Waals surface area contributed by atoms with Crippen LogP contribution in [0.25, 0.3) is 0 Å². The van der Waals surface area contributed by atoms with Gasteiger partial charge in [0, 0.05) is 48.7 Å². The van der Waals surface area contributed by atoms with E-state index in [1.54, 1.807) is 0 Å². The monoisotopic (exact) mass is 326 g/mol. The zero-order chi connectivity index (χ0) is 13.7. The predicted octanol–water partition coefficient (Wildman–Crippen LogP) is 0.374. The summed E-state index contributed by atoms with van der Waals surface area (Å²) in [5, 5.41) is 9.54. The summed E-state index contributed by atoms with van der Waals surface area (Å²) in [4.78, 5) is 0. The molecule has 2 aliphatic rings. The lowest BCUT2D eigenvalue weighted by Gasteiger charge is -2.31. The van der Waals surface area contributed by atoms with Crippen LogP contribution in [0.5, 0.6) is 0 Å². The van der Waals surface area contributed by atoms with Crippen molar-refractivity contribution in [1.82, 2.24) is 9.03 Å². The first-order valence-electron chi connectivity index (χ1n) is 6.67. The molecule has 2 aliphatic heterocycles. The Labute approximate surface area is 124 Å². The summed E-state index contributed by atoms with van der Waals surface area (Å²) in [6, 6.07) is 0. The second-order valence-electron chi connectivity index (χ2n) is 4.97. The smallest absolute Gasteiger partial charge is 0.279 e. The van der Waals surface area contributed by atoms with Gasteiger partial charge in [-0.25, -0.2) is 4.72 Å². The summed E-state index contributed by atoms with van der Waals surface area (Å²) >= 11 is 3.74. The van der Waals surface area contributed by atoms with Crippen molar-refractivity contribution in [2.24, 2.45) is 5.92 Å². The minimum atomic E-state index is -3.38. The SMILES string of the molecule is O=S(=O)(NCC1CSCCS1)N1CCCC(CO)C1. The third kappa shape index (κ3) is 4.78. The van der Waals surface area contributed by atoms with Gasteiger partial charge in [0.1, 0.15) is 0 Å². The normalized spacial score (nSPS) is 30.4. The van der Waals surface area contributed by atoms with Gasteiger partial charge in [0.25, 0.3) is 10.2 Å². The van der Waals surface area contributed by atoms with Gasteiger partial charge in [-0.3, -0.25) is 0 Å². The molecule has 2 atom stereocenters. The highest BCUT2D eigenvalue weighted by Crippen LogP contribution is 2.24. The molecule has 0 saturated carbocycles. The fraction of sp³-hybridized carbons (Fsp3) is 1.00. The van der Waals surface area contributed by atoms with Crippen LogP contribution >= 0.6 is 23.5 Å². The Morgan fingerprint density at radius 2 is 2.21 bits per heavy atom. The van der Waals surface area contributed by atoms with E-state index in [9.17, 15) is 8.42 Å². The van der Waals surface area contributed by atoms with E-state index in [0.29, 0.717) is 24.9 Å². The highest BCUT2D eigenvalue weighted by Gasteiger charge is 2.29. The number of aliphatic hydroxyl groups is 1. The van der Waals surface area contributed by atoms with Crippen molar-refractivity contribution < 1.29 is 13.5 Å². The number of nitrogens with zero attached hydrogens (tertiary/aromatic N) is 1. The van der Waals surface area contributed by atoms with Gasteiger partial charge in [0.15, 0.2) is 0 Å². The van der Waals surface area contributed by atoms with E-state index in [1.807, 2.05) is 23.5 Å². The number of hydrogen-bond acceptors (Lipinski definition) is 5. The van der Waals surface area contributed by atoms with Crippen LogP contribution in [0.4, 0.5) is 0 Å². The second-order valence-corrected chi connectivity index (χ2v) is 9.28. The molecule has 2 rings (SSSR count). The van der Waals surface area contributed by atoms with E-state index >= 15 is 0 Å². The first-order valence-corrected chi connectivity index (χ1v) is 10.3. The van der Waals surface area contributed by atoms with Crippen LogP contribution in [-0.2, 0) is 10.2 Å². The number of piperidine rings is 1. The molecule has 0 aromatic heterocycles. The Balaban J connectivity index is 1.83. The van der Waals surface area contributed by atoms with Gasteiger partial charge in [-0.15, -0.1) is 0 Å². The van der Waals surface area contributed by atoms with Gasteiger partial charge in [0.05, 0.1) is 0 Å². The quantitative estimate of drug-likeness (QED) is 0.764. The molecule has 0 aliphatic carbocycles. The third-order valence-corrected chi connectivity index (χ3v) is 7.85. The standard InChI is InChI=1S/C11H22N2O3S3/c14-8-10-2-1-3-13(7-10)19(15,16)12-6-11-9-17-4-5-18-11/h10-12,14H,1-9H2. The fourth-order valence-corrected chi connectivity index (χ4v) is 6.43. The third-order valence-electron chi connectivity index (χ3n) is 3.46. The summed E-state index contributed by atoms with van der Waals surface area (Å²) < 4.78 is 28.6. The number of rotatable bonds is 5. The van der Waals surface area contributed by atoms with Crippen LogP contribution in [0.3, 0.4) is 0 Å². The summed E-state index contributed by atoms with van der Waals surface area (Å²) in [5.74, 6) is 3.38. The number of nitrogens with one attached hydrogen (secondary N) is 1. The molecule has 2 saturated heterocycles. The Bertz CT molecular complexity index is 371. The minimum absolute atomic E-state index is 0.0706. The molecule has 2 unspecified atom stereocenters. The lowest BCUT2D eigenvalue weighted by molar-refractivity contribution is 0.165. The lowest BCUT2D eigenvalue weighted by Crippen LogP contribution is -2.48. The van der Waals surface area contributed by atoms with Crippen molar-refractivity contribution in [3.05, 3.63) is 0 Å². The minimum Gasteiger partial charge on any atom is -0.396 e. The highest BCUT2D eigenvalue weighted by molar-refractivity contribution is 8.06. The maximum atomic E-state index is 12.2. The Kier molecular flexibility index (Phi) is 6.29. The fourth-order valence-electron chi connectivity index (χ4n) is 2.34. The molecule has 0 radical (unpaired) electrons. The van der Waals surface area contributed by atoms with Crippen molar-refractivity contribution in [3.8, 4) is 0 Å². The zero-order valence-electron chi connectivity index (χ0n) is 11.0. The lowest BCUT2D eigenvalue weighted by atomic mass is 10.0. The van der Waals surface area contributed by atoms with E-state index in [-0.39, 0.29) is 12.5 Å². The van der Waals surface area contributed by atoms with Gasteiger partial charge in [-0.1, -0.05) is 0 Å². The topological polar surface area (TPSA) is 69.6 Å². The van der Waals surface area contributed by atoms with E-state index in [1.165, 1.54) is 4.31 Å². The van der Waals surface area contributed by atoms with Gasteiger partial charge in [-0.05, 0) is 18.8 Å². The van der Waals surface area contributed by atoms with Gasteiger partial charge >= 0.3 is 0 Å². The van der Waals surface area contributed by atoms with Crippen molar-refractivity contribution in [3.63, 3.8) is 0 Å². The number of thioether (sulfide) groups is 2. The van der Waals surface area contributed by atoms with Crippen LogP contribution in [0.15, 0.2) is 0 Å². The number of aliphatic hydroxyl groups excluding tert-OH is 1. The molecule has 0 spiro atoms. The second kappa shape index (κ2) is 7.51. The van der Waals surface area contributed by atoms with E-state index in [4.69, 9.17) is 5.11 Å². The van der Waals surface area contributed by atoms with E-state index < -0.39 is 10.2 Å². The zero-order valence-corrected chi connectivity index (χ0v) is 13.4. The number of hydrogen-bond donors (Lipinski definition) is 2. The Hall–Kier alpha value is 0.530. The first-order chi connectivity index (χ1) is 9.12. The largest absolute Gasteiger partial charge is 0.396 e. The summed E-state index contributed by atoms with van der Waals surface area (Å²) in [7, 11) is -3.38. The molecule has 2 N–H and O–H groups in total. The molecular formula is C11H22N2O3S3. The summed E-state index contributed by atoms with van der Waals surface area (Å²) in [6.07, 6.45) is 1.75. The molecule has 2 fully saturated rings. The molecule has 0 bridgehead atoms. The van der Waals surface area contributed by atoms with Crippen LogP contribution in [0.2, 0.25) is 0 Å². The molecular weight excluding hydrogens is 304 g/mol. The van der Waals surface area contributed by atoms with Crippen LogP contribution < -0.4 is 4.72 Å². The highest BCUT2D eigenvalue weighted by atomic mass is 32.2. The van der Waals surface area contributed by atoms with Gasteiger partial charge in [0.2, 0.25) is 0 Å². The summed E-state index contributed by atoms with van der Waals surface area (Å²) in [6.45, 7) is 1.60. The molecule has 0 amide bonds. The van der Waals surface area contributed by atoms with Crippen molar-refractivity contribution in [1.29, 1.82) is 0 Å². The molecule has 0 aromatic rings. The first kappa shape index (κ1) is 15.9. The van der Waals surface area contributed by atoms with Crippen LogP contribution in [-0.4, -0.2) is 66.6 Å². The molecule has 8 heteroatoms. The molecule has 5 nitrogen and oxygen atoms in total. The average molecular weight is 327 g/mol. The predicted molar refractivity (Wildman–Crippen MR) is 81.9 cm³/mol. The van der Waals surface area contributed by atoms with Gasteiger partial charge < -0.3 is 5.11 Å². The molecule has 112 valence electrons. The van der Waals surface area contributed by atoms with Crippen molar-refractivity contribution >= 4 is 33.7 Å². The maximum Gasteiger partial charge on any atom is 0.279 e. The average Bonchev–Trinajstić information content (AvgIpc) is 2.46. The van der Waals surface area contributed by atoms with Crippen molar-refractivity contribution in [2.45, 2.75) is 18.1 Å². The van der Waals surface area contributed by atoms with E-state index in [2.05, 4.69) is 4.72 Å². The molecule has 19 heavy (non-hydrogen) atoms. The van der Waals surface area contributed by atoms with Crippen LogP contribution in [0.1, 0.15) is 12.8 Å². The van der Waals surface area contributed by atoms with Crippen LogP contribution in [0, 0.1) is 5.92 Å².